The molecule has 2 N–H and O–H groups in total. The summed E-state index contributed by atoms with van der Waals surface area (Å²) in [6, 6.07) is 10.2. The number of hydrogen-bond acceptors (Lipinski definition) is 4. The lowest BCUT2D eigenvalue weighted by Gasteiger charge is -2.29. The normalized spacial score (nSPS) is 18.2. The molecule has 31 heavy (non-hydrogen) atoms. The fourth-order valence-electron chi connectivity index (χ4n) is 3.34. The molecule has 9 heteroatoms. The molecule has 166 valence electrons. The van der Waals surface area contributed by atoms with E-state index in [4.69, 9.17) is 21.1 Å². The quantitative estimate of drug-likeness (QED) is 0.641. The van der Waals surface area contributed by atoms with Gasteiger partial charge in [-0.15, -0.1) is 0 Å². The highest BCUT2D eigenvalue weighted by Crippen LogP contribution is 2.21. The van der Waals surface area contributed by atoms with E-state index in [1.54, 1.807) is 24.3 Å². The van der Waals surface area contributed by atoms with Crippen LogP contribution in [0.5, 0.6) is 11.5 Å². The minimum absolute atomic E-state index is 0.00658. The molecule has 0 unspecified atom stereocenters. The van der Waals surface area contributed by atoms with Gasteiger partial charge < -0.3 is 20.1 Å². The van der Waals surface area contributed by atoms with Crippen LogP contribution in [0.2, 0.25) is 5.02 Å². The maximum Gasteiger partial charge on any atom is 0.258 e. The number of amides is 2. The highest BCUT2D eigenvalue weighted by Gasteiger charge is 2.24. The maximum atomic E-state index is 13.5. The van der Waals surface area contributed by atoms with Gasteiger partial charge in [0.2, 0.25) is 5.82 Å². The van der Waals surface area contributed by atoms with Crippen molar-refractivity contribution in [3.63, 3.8) is 0 Å². The highest BCUT2D eigenvalue weighted by atomic mass is 35.5. The molecule has 0 aromatic heterocycles. The van der Waals surface area contributed by atoms with Gasteiger partial charge in [-0.25, -0.2) is 4.39 Å². The smallest absolute Gasteiger partial charge is 0.258 e. The van der Waals surface area contributed by atoms with Gasteiger partial charge in [0.1, 0.15) is 5.75 Å². The molecule has 1 aliphatic carbocycles. The van der Waals surface area contributed by atoms with Crippen molar-refractivity contribution in [1.82, 2.24) is 10.6 Å². The first-order valence-electron chi connectivity index (χ1n) is 9.94. The Labute approximate surface area is 183 Å². The zero-order valence-corrected chi connectivity index (χ0v) is 17.5. The highest BCUT2D eigenvalue weighted by molar-refractivity contribution is 6.30. The summed E-state index contributed by atoms with van der Waals surface area (Å²) in [5, 5.41) is 6.34. The molecule has 0 atom stereocenters. The summed E-state index contributed by atoms with van der Waals surface area (Å²) < 4.78 is 37.2. The second-order valence-electron chi connectivity index (χ2n) is 7.27. The summed E-state index contributed by atoms with van der Waals surface area (Å²) >= 11 is 5.81. The van der Waals surface area contributed by atoms with Crippen molar-refractivity contribution in [2.24, 2.45) is 0 Å². The van der Waals surface area contributed by atoms with Gasteiger partial charge in [0.05, 0.1) is 0 Å². The largest absolute Gasteiger partial charge is 0.484 e. The molecule has 1 aliphatic rings. The van der Waals surface area contributed by atoms with E-state index in [0.29, 0.717) is 36.5 Å². The third kappa shape index (κ3) is 7.10. The minimum atomic E-state index is -1.12. The Kier molecular flexibility index (Phi) is 8.06. The summed E-state index contributed by atoms with van der Waals surface area (Å²) in [4.78, 5) is 24.1. The van der Waals surface area contributed by atoms with Crippen LogP contribution in [-0.4, -0.2) is 37.1 Å². The Bertz CT molecular complexity index is 903. The number of benzene rings is 2. The Hall–Kier alpha value is -2.87. The lowest BCUT2D eigenvalue weighted by Crippen LogP contribution is -2.45. The Balaban J connectivity index is 1.33. The number of ether oxygens (including phenoxy) is 2. The monoisotopic (exact) mass is 452 g/mol. The molecule has 0 spiro atoms. The Morgan fingerprint density at radius 1 is 0.871 bits per heavy atom. The molecule has 0 bridgehead atoms. The van der Waals surface area contributed by atoms with Crippen molar-refractivity contribution in [1.29, 1.82) is 0 Å². The van der Waals surface area contributed by atoms with Gasteiger partial charge in [0.15, 0.2) is 24.8 Å². The number of nitrogens with one attached hydrogen (secondary N) is 2. The third-order valence-electron chi connectivity index (χ3n) is 4.92. The van der Waals surface area contributed by atoms with Crippen LogP contribution >= 0.6 is 11.6 Å². The molecule has 0 saturated heterocycles. The lowest BCUT2D eigenvalue weighted by atomic mass is 9.91. The second-order valence-corrected chi connectivity index (χ2v) is 7.70. The zero-order chi connectivity index (χ0) is 22.2. The van der Waals surface area contributed by atoms with Crippen molar-refractivity contribution >= 4 is 23.4 Å². The summed E-state index contributed by atoms with van der Waals surface area (Å²) in [5.41, 5.74) is 0. The van der Waals surface area contributed by atoms with Gasteiger partial charge in [-0.05, 0) is 62.1 Å². The summed E-state index contributed by atoms with van der Waals surface area (Å²) in [6.07, 6.45) is 2.78. The van der Waals surface area contributed by atoms with E-state index in [1.807, 2.05) is 0 Å². The van der Waals surface area contributed by atoms with Crippen molar-refractivity contribution in [3.8, 4) is 11.5 Å². The summed E-state index contributed by atoms with van der Waals surface area (Å²) in [7, 11) is 0. The Morgan fingerprint density at radius 3 is 2.00 bits per heavy atom. The molecule has 0 radical (unpaired) electrons. The van der Waals surface area contributed by atoms with Crippen LogP contribution < -0.4 is 20.1 Å². The average Bonchev–Trinajstić information content (AvgIpc) is 2.76. The van der Waals surface area contributed by atoms with Crippen LogP contribution in [0, 0.1) is 11.6 Å². The summed E-state index contributed by atoms with van der Waals surface area (Å²) in [6.45, 7) is -0.495. The molecule has 1 saturated carbocycles. The number of carbonyl (C=O) groups is 2. The van der Waals surface area contributed by atoms with Gasteiger partial charge in [-0.1, -0.05) is 17.7 Å². The van der Waals surface area contributed by atoms with Gasteiger partial charge in [-0.2, -0.15) is 4.39 Å². The maximum absolute atomic E-state index is 13.5. The molecular weight excluding hydrogens is 430 g/mol. The molecule has 2 aromatic carbocycles. The van der Waals surface area contributed by atoms with E-state index in [9.17, 15) is 18.4 Å². The van der Waals surface area contributed by atoms with Crippen LogP contribution in [0.25, 0.3) is 0 Å². The molecule has 2 amide bonds. The van der Waals surface area contributed by atoms with Crippen molar-refractivity contribution in [2.75, 3.05) is 13.2 Å². The van der Waals surface area contributed by atoms with Gasteiger partial charge >= 0.3 is 0 Å². The Morgan fingerprint density at radius 2 is 1.42 bits per heavy atom. The van der Waals surface area contributed by atoms with Crippen molar-refractivity contribution in [2.45, 2.75) is 37.8 Å². The zero-order valence-electron chi connectivity index (χ0n) is 16.7. The van der Waals surface area contributed by atoms with Crippen molar-refractivity contribution < 1.29 is 27.8 Å². The van der Waals surface area contributed by atoms with Crippen LogP contribution in [0.1, 0.15) is 25.7 Å². The topological polar surface area (TPSA) is 76.7 Å². The number of halogens is 3. The van der Waals surface area contributed by atoms with E-state index in [2.05, 4.69) is 10.6 Å². The first kappa shape index (κ1) is 22.8. The predicted octanol–water partition coefficient (Wildman–Crippen LogP) is 3.62. The number of carbonyl (C=O) groups excluding carboxylic acids is 2. The molecule has 0 heterocycles. The standard InChI is InChI=1S/C22H23ClF2N2O4/c23-14-4-10-17(11-5-14)30-12-20(28)26-15-6-8-16(9-7-15)27-21(29)13-31-19-3-1-2-18(24)22(19)25/h1-5,10-11,15-16H,6-9,12-13H2,(H,26,28)(H,27,29). The van der Waals surface area contributed by atoms with E-state index >= 15 is 0 Å². The van der Waals surface area contributed by atoms with Gasteiger partial charge in [0.25, 0.3) is 11.8 Å². The molecular formula is C22H23ClF2N2O4. The number of rotatable bonds is 8. The van der Waals surface area contributed by atoms with E-state index in [0.717, 1.165) is 6.07 Å². The lowest BCUT2D eigenvalue weighted by molar-refractivity contribution is -0.125. The first-order valence-corrected chi connectivity index (χ1v) is 10.3. The molecule has 3 rings (SSSR count). The van der Waals surface area contributed by atoms with Crippen LogP contribution in [0.4, 0.5) is 8.78 Å². The average molecular weight is 453 g/mol. The summed E-state index contributed by atoms with van der Waals surface area (Å²) in [5.74, 6) is -2.52. The van der Waals surface area contributed by atoms with Crippen LogP contribution in [0.15, 0.2) is 42.5 Å². The molecule has 2 aromatic rings. The van der Waals surface area contributed by atoms with Crippen molar-refractivity contribution in [3.05, 3.63) is 59.1 Å². The van der Waals surface area contributed by atoms with Crippen LogP contribution in [0.3, 0.4) is 0 Å². The van der Waals surface area contributed by atoms with E-state index in [1.165, 1.54) is 12.1 Å². The SMILES string of the molecule is O=C(COc1ccc(Cl)cc1)NC1CCC(NC(=O)COc2cccc(F)c2F)CC1. The van der Waals surface area contributed by atoms with E-state index < -0.39 is 24.1 Å². The number of hydrogen-bond donors (Lipinski definition) is 2. The molecule has 1 fully saturated rings. The third-order valence-corrected chi connectivity index (χ3v) is 5.17. The second kappa shape index (κ2) is 10.9. The predicted molar refractivity (Wildman–Crippen MR) is 111 cm³/mol. The molecule has 0 aliphatic heterocycles. The fraction of sp³-hybridized carbons (Fsp3) is 0.364. The van der Waals surface area contributed by atoms with Gasteiger partial charge in [-0.3, -0.25) is 9.59 Å². The fourth-order valence-corrected chi connectivity index (χ4v) is 3.47. The van der Waals surface area contributed by atoms with Crippen LogP contribution in [-0.2, 0) is 9.59 Å². The van der Waals surface area contributed by atoms with E-state index in [-0.39, 0.29) is 30.3 Å². The first-order chi connectivity index (χ1) is 14.9. The van der Waals surface area contributed by atoms with Gasteiger partial charge in [0, 0.05) is 17.1 Å². The minimum Gasteiger partial charge on any atom is -0.484 e. The molecule has 6 nitrogen and oxygen atoms in total.